The van der Waals surface area contributed by atoms with Crippen LogP contribution in [0.2, 0.25) is 5.02 Å². The van der Waals surface area contributed by atoms with Crippen LogP contribution in [0.4, 0.5) is 0 Å². The van der Waals surface area contributed by atoms with Gasteiger partial charge in [0.15, 0.2) is 0 Å². The second-order valence-electron chi connectivity index (χ2n) is 4.14. The first-order valence-electron chi connectivity index (χ1n) is 6.19. The van der Waals surface area contributed by atoms with E-state index in [4.69, 9.17) is 17.3 Å². The summed E-state index contributed by atoms with van der Waals surface area (Å²) in [5.41, 5.74) is 6.14. The molecule has 2 aromatic rings. The molecule has 8 heteroatoms. The average Bonchev–Trinajstić information content (AvgIpc) is 2.88. The molecular weight excluding hydrogens is 280 g/mol. The molecule has 1 amide bonds. The Morgan fingerprint density at radius 3 is 2.80 bits per heavy atom. The number of hydrogen-bond donors (Lipinski definition) is 2. The Morgan fingerprint density at radius 2 is 2.10 bits per heavy atom. The second kappa shape index (κ2) is 6.97. The zero-order valence-corrected chi connectivity index (χ0v) is 11.5. The molecule has 1 aromatic heterocycles. The summed E-state index contributed by atoms with van der Waals surface area (Å²) in [6.45, 7) is 1.13. The zero-order chi connectivity index (χ0) is 14.4. The van der Waals surface area contributed by atoms with Gasteiger partial charge in [-0.1, -0.05) is 11.6 Å². The van der Waals surface area contributed by atoms with Gasteiger partial charge >= 0.3 is 0 Å². The summed E-state index contributed by atoms with van der Waals surface area (Å²) >= 11 is 5.81. The fraction of sp³-hybridized carbons (Fsp3) is 0.333. The molecule has 1 heterocycles. The summed E-state index contributed by atoms with van der Waals surface area (Å²) in [7, 11) is 0. The van der Waals surface area contributed by atoms with E-state index in [0.29, 0.717) is 23.9 Å². The fourth-order valence-corrected chi connectivity index (χ4v) is 1.66. The van der Waals surface area contributed by atoms with Crippen molar-refractivity contribution in [3.8, 4) is 11.4 Å². The molecule has 0 fully saturated rings. The van der Waals surface area contributed by atoms with Crippen molar-refractivity contribution in [1.82, 2.24) is 25.5 Å². The van der Waals surface area contributed by atoms with E-state index >= 15 is 0 Å². The Labute approximate surface area is 121 Å². The molecule has 1 aromatic carbocycles. The summed E-state index contributed by atoms with van der Waals surface area (Å²) in [6.07, 6.45) is 0.743. The highest BCUT2D eigenvalue weighted by atomic mass is 35.5. The molecule has 3 N–H and O–H groups in total. The van der Waals surface area contributed by atoms with E-state index in [2.05, 4.69) is 20.7 Å². The van der Waals surface area contributed by atoms with Gasteiger partial charge in [0.1, 0.15) is 6.54 Å². The Balaban J connectivity index is 1.95. The molecule has 106 valence electrons. The molecule has 2 rings (SSSR count). The van der Waals surface area contributed by atoms with E-state index in [0.717, 1.165) is 12.0 Å². The van der Waals surface area contributed by atoms with Gasteiger partial charge in [-0.25, -0.2) is 0 Å². The molecule has 0 saturated carbocycles. The molecule has 0 radical (unpaired) electrons. The number of tetrazole rings is 1. The van der Waals surface area contributed by atoms with Crippen LogP contribution >= 0.6 is 11.6 Å². The summed E-state index contributed by atoms with van der Waals surface area (Å²) in [5, 5.41) is 15.3. The quantitative estimate of drug-likeness (QED) is 0.754. The minimum absolute atomic E-state index is 0.0329. The number of carbonyl (C=O) groups excluding carboxylic acids is 1. The number of nitrogens with two attached hydrogens (primary N) is 1. The van der Waals surface area contributed by atoms with Crippen molar-refractivity contribution in [2.24, 2.45) is 5.73 Å². The molecule has 0 aliphatic carbocycles. The highest BCUT2D eigenvalue weighted by Crippen LogP contribution is 2.16. The highest BCUT2D eigenvalue weighted by Gasteiger charge is 2.08. The minimum atomic E-state index is -0.168. The van der Waals surface area contributed by atoms with E-state index in [1.54, 1.807) is 24.3 Å². The summed E-state index contributed by atoms with van der Waals surface area (Å²) in [6, 6.07) is 7.09. The highest BCUT2D eigenvalue weighted by molar-refractivity contribution is 6.30. The Hall–Kier alpha value is -1.99. The van der Waals surface area contributed by atoms with Gasteiger partial charge in [-0.2, -0.15) is 4.80 Å². The number of aromatic nitrogens is 4. The molecule has 0 unspecified atom stereocenters. The van der Waals surface area contributed by atoms with Crippen molar-refractivity contribution < 1.29 is 4.79 Å². The number of amides is 1. The van der Waals surface area contributed by atoms with Crippen LogP contribution in [0.15, 0.2) is 24.3 Å². The first-order valence-corrected chi connectivity index (χ1v) is 6.57. The lowest BCUT2D eigenvalue weighted by atomic mass is 10.2. The lowest BCUT2D eigenvalue weighted by molar-refractivity contribution is -0.122. The van der Waals surface area contributed by atoms with Gasteiger partial charge in [0.2, 0.25) is 11.7 Å². The van der Waals surface area contributed by atoms with Crippen LogP contribution in [0.5, 0.6) is 0 Å². The molecule has 20 heavy (non-hydrogen) atoms. The van der Waals surface area contributed by atoms with Crippen LogP contribution in [-0.4, -0.2) is 39.2 Å². The third-order valence-electron chi connectivity index (χ3n) is 2.54. The number of nitrogens with one attached hydrogen (secondary N) is 1. The van der Waals surface area contributed by atoms with Crippen molar-refractivity contribution in [2.75, 3.05) is 13.1 Å². The predicted molar refractivity (Wildman–Crippen MR) is 74.9 cm³/mol. The van der Waals surface area contributed by atoms with Crippen LogP contribution in [-0.2, 0) is 11.3 Å². The Bertz CT molecular complexity index is 568. The SMILES string of the molecule is NCCCNC(=O)Cn1nnc(-c2ccc(Cl)cc2)n1. The van der Waals surface area contributed by atoms with Crippen molar-refractivity contribution >= 4 is 17.5 Å². The third-order valence-corrected chi connectivity index (χ3v) is 2.80. The third kappa shape index (κ3) is 4.01. The summed E-state index contributed by atoms with van der Waals surface area (Å²) in [4.78, 5) is 12.8. The van der Waals surface area contributed by atoms with Gasteiger partial charge < -0.3 is 11.1 Å². The Kier molecular flexibility index (Phi) is 5.03. The van der Waals surface area contributed by atoms with Crippen molar-refractivity contribution in [2.45, 2.75) is 13.0 Å². The van der Waals surface area contributed by atoms with Crippen LogP contribution in [0.3, 0.4) is 0 Å². The van der Waals surface area contributed by atoms with Crippen molar-refractivity contribution in [1.29, 1.82) is 0 Å². The Morgan fingerprint density at radius 1 is 1.35 bits per heavy atom. The molecule has 7 nitrogen and oxygen atoms in total. The van der Waals surface area contributed by atoms with E-state index in [-0.39, 0.29) is 12.5 Å². The number of hydrogen-bond acceptors (Lipinski definition) is 5. The minimum Gasteiger partial charge on any atom is -0.354 e. The maximum atomic E-state index is 11.6. The van der Waals surface area contributed by atoms with Gasteiger partial charge in [0.25, 0.3) is 0 Å². The zero-order valence-electron chi connectivity index (χ0n) is 10.8. The smallest absolute Gasteiger partial charge is 0.243 e. The fourth-order valence-electron chi connectivity index (χ4n) is 1.54. The monoisotopic (exact) mass is 294 g/mol. The molecule has 0 aliphatic rings. The van der Waals surface area contributed by atoms with Gasteiger partial charge in [-0.3, -0.25) is 4.79 Å². The maximum Gasteiger partial charge on any atom is 0.243 e. The van der Waals surface area contributed by atoms with Crippen LogP contribution in [0.25, 0.3) is 11.4 Å². The van der Waals surface area contributed by atoms with Crippen molar-refractivity contribution in [3.63, 3.8) is 0 Å². The van der Waals surface area contributed by atoms with Crippen LogP contribution in [0, 0.1) is 0 Å². The van der Waals surface area contributed by atoms with E-state index in [9.17, 15) is 4.79 Å². The predicted octanol–water partition coefficient (Wildman–Crippen LogP) is 0.458. The lowest BCUT2D eigenvalue weighted by Gasteiger charge is -2.02. The number of halogens is 1. The molecule has 0 bridgehead atoms. The van der Waals surface area contributed by atoms with Gasteiger partial charge in [-0.15, -0.1) is 10.2 Å². The van der Waals surface area contributed by atoms with Crippen molar-refractivity contribution in [3.05, 3.63) is 29.3 Å². The average molecular weight is 295 g/mol. The van der Waals surface area contributed by atoms with Gasteiger partial charge in [0.05, 0.1) is 0 Å². The second-order valence-corrected chi connectivity index (χ2v) is 4.58. The lowest BCUT2D eigenvalue weighted by Crippen LogP contribution is -2.30. The molecular formula is C12H15ClN6O. The topological polar surface area (TPSA) is 98.7 Å². The number of carbonyl (C=O) groups is 1. The molecule has 0 atom stereocenters. The standard InChI is InChI=1S/C12H15ClN6O/c13-10-4-2-9(3-5-10)12-16-18-19(17-12)8-11(20)15-7-1-6-14/h2-5H,1,6-8,14H2,(H,15,20). The summed E-state index contributed by atoms with van der Waals surface area (Å²) in [5.74, 6) is 0.287. The van der Waals surface area contributed by atoms with Gasteiger partial charge in [0, 0.05) is 17.1 Å². The normalized spacial score (nSPS) is 10.5. The van der Waals surface area contributed by atoms with E-state index in [1.807, 2.05) is 0 Å². The molecule has 0 spiro atoms. The number of benzene rings is 1. The summed E-state index contributed by atoms with van der Waals surface area (Å²) < 4.78 is 0. The van der Waals surface area contributed by atoms with Crippen LogP contribution < -0.4 is 11.1 Å². The largest absolute Gasteiger partial charge is 0.354 e. The first kappa shape index (κ1) is 14.4. The van der Waals surface area contributed by atoms with Crippen LogP contribution in [0.1, 0.15) is 6.42 Å². The number of nitrogens with zero attached hydrogens (tertiary/aromatic N) is 4. The first-order chi connectivity index (χ1) is 9.69. The number of rotatable bonds is 6. The maximum absolute atomic E-state index is 11.6. The molecule has 0 saturated heterocycles. The van der Waals surface area contributed by atoms with E-state index in [1.165, 1.54) is 4.80 Å². The molecule has 0 aliphatic heterocycles. The van der Waals surface area contributed by atoms with E-state index < -0.39 is 0 Å². The van der Waals surface area contributed by atoms with Gasteiger partial charge in [-0.05, 0) is 42.4 Å².